The van der Waals surface area contributed by atoms with Crippen LogP contribution < -0.4 is 10.1 Å². The lowest BCUT2D eigenvalue weighted by Gasteiger charge is -2.44. The van der Waals surface area contributed by atoms with E-state index in [1.807, 2.05) is 19.9 Å². The fraction of sp³-hybridized carbons (Fsp3) is 0.739. The predicted molar refractivity (Wildman–Crippen MR) is 119 cm³/mol. The van der Waals surface area contributed by atoms with E-state index in [2.05, 4.69) is 29.3 Å². The van der Waals surface area contributed by atoms with Crippen LogP contribution in [0.15, 0.2) is 18.2 Å². The van der Waals surface area contributed by atoms with Crippen molar-refractivity contribution in [2.45, 2.75) is 76.0 Å². The van der Waals surface area contributed by atoms with E-state index in [0.29, 0.717) is 0 Å². The summed E-state index contributed by atoms with van der Waals surface area (Å²) in [6, 6.07) is 6.62. The zero-order valence-electron chi connectivity index (χ0n) is 18.5. The summed E-state index contributed by atoms with van der Waals surface area (Å²) in [5.74, 6) is 1.12. The molecular formula is C23H38N2O3S. The molecule has 5 nitrogen and oxygen atoms in total. The van der Waals surface area contributed by atoms with Crippen molar-refractivity contribution in [3.8, 4) is 5.75 Å². The van der Waals surface area contributed by atoms with Crippen LogP contribution in [0.25, 0.3) is 0 Å². The molecule has 1 aromatic rings. The normalized spacial score (nSPS) is 21.9. The number of aryl methyl sites for hydroxylation is 1. The minimum Gasteiger partial charge on any atom is -0.497 e. The van der Waals surface area contributed by atoms with E-state index in [0.717, 1.165) is 63.9 Å². The lowest BCUT2D eigenvalue weighted by Crippen LogP contribution is -2.55. The molecule has 2 aliphatic rings. The molecule has 0 bridgehead atoms. The van der Waals surface area contributed by atoms with Gasteiger partial charge in [-0.1, -0.05) is 13.0 Å². The average Bonchev–Trinajstić information content (AvgIpc) is 2.73. The Morgan fingerprint density at radius 1 is 1.17 bits per heavy atom. The summed E-state index contributed by atoms with van der Waals surface area (Å²) in [6.45, 7) is 8.53. The Balaban J connectivity index is 1.92. The maximum absolute atomic E-state index is 13.5. The van der Waals surface area contributed by atoms with Gasteiger partial charge in [-0.15, -0.1) is 0 Å². The molecule has 29 heavy (non-hydrogen) atoms. The second kappa shape index (κ2) is 9.80. The standard InChI is InChI=1S/C23H38N2O3S/c1-5-14-25(21-8-6-20-16-22(28-4)9-7-19(20)15-21)23(29(26,27)17(2)3)18-10-12-24-13-11-18/h7,9,16-18,21,23-24H,5-6,8,10-15H2,1-4H3. The summed E-state index contributed by atoms with van der Waals surface area (Å²) in [5, 5.41) is 2.69. The zero-order chi connectivity index (χ0) is 21.0. The lowest BCUT2D eigenvalue weighted by molar-refractivity contribution is 0.113. The molecule has 0 aromatic heterocycles. The van der Waals surface area contributed by atoms with Crippen molar-refractivity contribution in [2.75, 3.05) is 26.7 Å². The number of fused-ring (bicyclic) bond motifs is 1. The van der Waals surface area contributed by atoms with Gasteiger partial charge in [0, 0.05) is 6.04 Å². The first-order valence-corrected chi connectivity index (χ1v) is 12.8. The van der Waals surface area contributed by atoms with Crippen LogP contribution in [-0.4, -0.2) is 56.7 Å². The molecule has 0 radical (unpaired) electrons. The van der Waals surface area contributed by atoms with Crippen molar-refractivity contribution < 1.29 is 13.2 Å². The van der Waals surface area contributed by atoms with Crippen LogP contribution in [0.5, 0.6) is 5.75 Å². The van der Waals surface area contributed by atoms with Crippen molar-refractivity contribution in [1.82, 2.24) is 10.2 Å². The average molecular weight is 423 g/mol. The van der Waals surface area contributed by atoms with Gasteiger partial charge in [-0.2, -0.15) is 0 Å². The van der Waals surface area contributed by atoms with Crippen LogP contribution in [0.4, 0.5) is 0 Å². The van der Waals surface area contributed by atoms with Gasteiger partial charge in [0.25, 0.3) is 0 Å². The number of hydrogen-bond acceptors (Lipinski definition) is 5. The van der Waals surface area contributed by atoms with Crippen LogP contribution in [0.1, 0.15) is 57.6 Å². The second-order valence-corrected chi connectivity index (χ2v) is 11.5. The Morgan fingerprint density at radius 3 is 2.52 bits per heavy atom. The number of rotatable bonds is 8. The SMILES string of the molecule is CCCN(C1CCc2cc(OC)ccc2C1)C(C1CCNCC1)S(=O)(=O)C(C)C. The van der Waals surface area contributed by atoms with Crippen molar-refractivity contribution in [3.05, 3.63) is 29.3 Å². The predicted octanol–water partition coefficient (Wildman–Crippen LogP) is 3.41. The molecule has 1 saturated heterocycles. The Kier molecular flexibility index (Phi) is 7.63. The molecule has 1 N–H and O–H groups in total. The van der Waals surface area contributed by atoms with Crippen molar-refractivity contribution >= 4 is 9.84 Å². The van der Waals surface area contributed by atoms with E-state index in [4.69, 9.17) is 4.74 Å². The summed E-state index contributed by atoms with van der Waals surface area (Å²) in [6.07, 6.45) is 5.78. The van der Waals surface area contributed by atoms with Crippen LogP contribution in [-0.2, 0) is 22.7 Å². The number of methoxy groups -OCH3 is 1. The van der Waals surface area contributed by atoms with Gasteiger partial charge < -0.3 is 10.1 Å². The number of nitrogens with one attached hydrogen (secondary N) is 1. The van der Waals surface area contributed by atoms with Crippen LogP contribution in [0.2, 0.25) is 0 Å². The van der Waals surface area contributed by atoms with E-state index >= 15 is 0 Å². The maximum Gasteiger partial charge on any atom is 0.168 e. The molecule has 2 atom stereocenters. The quantitative estimate of drug-likeness (QED) is 0.696. The number of piperidine rings is 1. The molecule has 0 saturated carbocycles. The fourth-order valence-electron chi connectivity index (χ4n) is 5.03. The van der Waals surface area contributed by atoms with Gasteiger partial charge in [-0.25, -0.2) is 8.42 Å². The van der Waals surface area contributed by atoms with Gasteiger partial charge in [0.2, 0.25) is 0 Å². The van der Waals surface area contributed by atoms with Gasteiger partial charge in [0.1, 0.15) is 11.1 Å². The van der Waals surface area contributed by atoms with E-state index in [-0.39, 0.29) is 22.6 Å². The Bertz CT molecular complexity index is 772. The van der Waals surface area contributed by atoms with Gasteiger partial charge in [-0.05, 0) is 101 Å². The summed E-state index contributed by atoms with van der Waals surface area (Å²) < 4.78 is 32.5. The largest absolute Gasteiger partial charge is 0.497 e. The molecule has 1 heterocycles. The zero-order valence-corrected chi connectivity index (χ0v) is 19.3. The molecule has 0 amide bonds. The molecule has 1 aromatic carbocycles. The number of ether oxygens (including phenoxy) is 1. The number of hydrogen-bond donors (Lipinski definition) is 1. The smallest absolute Gasteiger partial charge is 0.168 e. The molecule has 164 valence electrons. The molecule has 2 unspecified atom stereocenters. The highest BCUT2D eigenvalue weighted by Crippen LogP contribution is 2.34. The van der Waals surface area contributed by atoms with E-state index in [1.165, 1.54) is 11.1 Å². The number of nitrogens with zero attached hydrogens (tertiary/aromatic N) is 1. The van der Waals surface area contributed by atoms with Gasteiger partial charge in [0.05, 0.1) is 12.4 Å². The van der Waals surface area contributed by atoms with Crippen molar-refractivity contribution in [1.29, 1.82) is 0 Å². The summed E-state index contributed by atoms with van der Waals surface area (Å²) in [5.41, 5.74) is 2.69. The van der Waals surface area contributed by atoms with Gasteiger partial charge in [-0.3, -0.25) is 4.90 Å². The number of benzene rings is 1. The van der Waals surface area contributed by atoms with Crippen LogP contribution in [0.3, 0.4) is 0 Å². The fourth-order valence-corrected chi connectivity index (χ4v) is 7.06. The molecule has 6 heteroatoms. The van der Waals surface area contributed by atoms with E-state index in [1.54, 1.807) is 7.11 Å². The van der Waals surface area contributed by atoms with Gasteiger partial charge in [0.15, 0.2) is 9.84 Å². The highest BCUT2D eigenvalue weighted by Gasteiger charge is 2.43. The monoisotopic (exact) mass is 422 g/mol. The van der Waals surface area contributed by atoms with Crippen molar-refractivity contribution in [3.63, 3.8) is 0 Å². The Hall–Kier alpha value is -1.11. The molecule has 3 rings (SSSR count). The summed E-state index contributed by atoms with van der Waals surface area (Å²) >= 11 is 0. The second-order valence-electron chi connectivity index (χ2n) is 8.88. The summed E-state index contributed by atoms with van der Waals surface area (Å²) in [4.78, 5) is 2.37. The van der Waals surface area contributed by atoms with Crippen LogP contribution >= 0.6 is 0 Å². The Morgan fingerprint density at radius 2 is 1.90 bits per heavy atom. The molecule has 0 spiro atoms. The highest BCUT2D eigenvalue weighted by molar-refractivity contribution is 7.92. The lowest BCUT2D eigenvalue weighted by atomic mass is 9.86. The van der Waals surface area contributed by atoms with E-state index in [9.17, 15) is 8.42 Å². The molecule has 1 fully saturated rings. The minimum absolute atomic E-state index is 0.215. The number of sulfone groups is 1. The highest BCUT2D eigenvalue weighted by atomic mass is 32.2. The minimum atomic E-state index is -3.22. The van der Waals surface area contributed by atoms with Gasteiger partial charge >= 0.3 is 0 Å². The maximum atomic E-state index is 13.5. The van der Waals surface area contributed by atoms with E-state index < -0.39 is 9.84 Å². The topological polar surface area (TPSA) is 58.6 Å². The third-order valence-corrected chi connectivity index (χ3v) is 9.32. The molecule has 1 aliphatic carbocycles. The molecule has 1 aliphatic heterocycles. The molecular weight excluding hydrogens is 384 g/mol. The third-order valence-electron chi connectivity index (χ3n) is 6.67. The Labute approximate surface area is 177 Å². The van der Waals surface area contributed by atoms with Crippen LogP contribution in [0, 0.1) is 5.92 Å². The third kappa shape index (κ3) is 4.97. The summed E-state index contributed by atoms with van der Waals surface area (Å²) in [7, 11) is -1.51. The van der Waals surface area contributed by atoms with Crippen molar-refractivity contribution in [2.24, 2.45) is 5.92 Å². The first-order chi connectivity index (χ1) is 13.9. The first kappa shape index (κ1) is 22.6. The first-order valence-electron chi connectivity index (χ1n) is 11.2.